The maximum absolute atomic E-state index is 12.5. The molecule has 1 fully saturated rings. The topological polar surface area (TPSA) is 95.7 Å². The van der Waals surface area contributed by atoms with E-state index >= 15 is 0 Å². The molecule has 1 aliphatic rings. The van der Waals surface area contributed by atoms with Crippen LogP contribution in [0.2, 0.25) is 0 Å². The Morgan fingerprint density at radius 1 is 1.33 bits per heavy atom. The van der Waals surface area contributed by atoms with Crippen LogP contribution in [0.1, 0.15) is 46.9 Å². The van der Waals surface area contributed by atoms with E-state index in [9.17, 15) is 14.7 Å². The van der Waals surface area contributed by atoms with Gasteiger partial charge in [0.15, 0.2) is 0 Å². The fourth-order valence-corrected chi connectivity index (χ4v) is 3.22. The Labute approximate surface area is 158 Å². The second-order valence-corrected chi connectivity index (χ2v) is 7.33. The molecule has 0 saturated carbocycles. The second kappa shape index (κ2) is 8.35. The summed E-state index contributed by atoms with van der Waals surface area (Å²) < 4.78 is 5.11. The molecule has 2 heterocycles. The van der Waals surface area contributed by atoms with Gasteiger partial charge >= 0.3 is 0 Å². The zero-order valence-corrected chi connectivity index (χ0v) is 15.6. The first-order chi connectivity index (χ1) is 12.9. The number of nitrogens with zero attached hydrogens (tertiary/aromatic N) is 2. The lowest BCUT2D eigenvalue weighted by Gasteiger charge is -2.36. The third kappa shape index (κ3) is 4.74. The number of nitrogens with one attached hydrogen (secondary N) is 1. The molecule has 0 spiro atoms. The molecule has 2 N–H and O–H groups in total. The summed E-state index contributed by atoms with van der Waals surface area (Å²) in [5.74, 6) is 0.0392. The summed E-state index contributed by atoms with van der Waals surface area (Å²) in [4.78, 5) is 26.5. The molecule has 2 atom stereocenters. The fraction of sp³-hybridized carbons (Fsp3) is 0.450. The number of benzene rings is 1. The Morgan fingerprint density at radius 3 is 2.74 bits per heavy atom. The molecule has 0 bridgehead atoms. The molecular formula is C20H25N3O4. The van der Waals surface area contributed by atoms with Gasteiger partial charge in [-0.3, -0.25) is 9.59 Å². The predicted molar refractivity (Wildman–Crippen MR) is 99.3 cm³/mol. The first-order valence-electron chi connectivity index (χ1n) is 9.23. The van der Waals surface area contributed by atoms with Crippen molar-refractivity contribution in [1.82, 2.24) is 15.4 Å². The number of hydrogen-bond acceptors (Lipinski definition) is 5. The van der Waals surface area contributed by atoms with Gasteiger partial charge in [0.25, 0.3) is 11.8 Å². The van der Waals surface area contributed by atoms with Crippen molar-refractivity contribution in [2.24, 2.45) is 5.92 Å². The van der Waals surface area contributed by atoms with Gasteiger partial charge in [0.05, 0.1) is 17.8 Å². The van der Waals surface area contributed by atoms with Crippen molar-refractivity contribution >= 4 is 11.8 Å². The van der Waals surface area contributed by atoms with E-state index in [2.05, 4.69) is 24.3 Å². The third-order valence-electron chi connectivity index (χ3n) is 4.61. The number of carbonyl (C=O) groups excluding carboxylic acids is 2. The average Bonchev–Trinajstić information content (AvgIpc) is 3.11. The number of amides is 2. The number of β-amino-alcohol motifs (C(OH)–C–C–N with tert-alkyl or cyclic N) is 1. The molecule has 144 valence electrons. The number of hydrogen-bond donors (Lipinski definition) is 2. The van der Waals surface area contributed by atoms with Gasteiger partial charge < -0.3 is 19.8 Å². The van der Waals surface area contributed by atoms with Crippen LogP contribution in [-0.2, 0) is 6.42 Å². The van der Waals surface area contributed by atoms with Gasteiger partial charge in [-0.1, -0.05) is 37.2 Å². The summed E-state index contributed by atoms with van der Waals surface area (Å²) in [5.41, 5.74) is 1.32. The number of rotatable bonds is 5. The van der Waals surface area contributed by atoms with Crippen molar-refractivity contribution in [1.29, 1.82) is 0 Å². The molecule has 0 radical (unpaired) electrons. The number of likely N-dealkylation sites (tertiary alicyclic amines) is 1. The Balaban J connectivity index is 1.56. The van der Waals surface area contributed by atoms with E-state index in [1.807, 2.05) is 18.2 Å². The van der Waals surface area contributed by atoms with Crippen molar-refractivity contribution < 1.29 is 19.2 Å². The van der Waals surface area contributed by atoms with Crippen LogP contribution in [0.5, 0.6) is 0 Å². The highest BCUT2D eigenvalue weighted by Gasteiger charge is 2.32. The normalized spacial score (nSPS) is 19.9. The highest BCUT2D eigenvalue weighted by Crippen LogP contribution is 2.16. The van der Waals surface area contributed by atoms with Crippen molar-refractivity contribution in [3.05, 3.63) is 53.4 Å². The maximum Gasteiger partial charge on any atom is 0.290 e. The Bertz CT molecular complexity index is 788. The summed E-state index contributed by atoms with van der Waals surface area (Å²) >= 11 is 0. The lowest BCUT2D eigenvalue weighted by atomic mass is 10.0. The van der Waals surface area contributed by atoms with Crippen LogP contribution in [0.15, 0.2) is 40.9 Å². The Hall–Kier alpha value is -2.67. The molecule has 27 heavy (non-hydrogen) atoms. The van der Waals surface area contributed by atoms with Crippen LogP contribution in [0, 0.1) is 5.92 Å². The van der Waals surface area contributed by atoms with Crippen LogP contribution < -0.4 is 5.32 Å². The zero-order valence-electron chi connectivity index (χ0n) is 15.6. The van der Waals surface area contributed by atoms with E-state index in [0.29, 0.717) is 24.4 Å². The minimum absolute atomic E-state index is 0.118. The van der Waals surface area contributed by atoms with E-state index in [0.717, 1.165) is 12.1 Å². The van der Waals surface area contributed by atoms with Crippen molar-refractivity contribution in [2.75, 3.05) is 13.1 Å². The van der Waals surface area contributed by atoms with E-state index < -0.39 is 18.1 Å². The summed E-state index contributed by atoms with van der Waals surface area (Å²) in [5, 5.41) is 17.1. The SMILES string of the molecule is CC(C)Cc1cc(C(=O)N[C@@H]2CCN(C(=O)c3ccccc3)C[C@H]2O)on1. The van der Waals surface area contributed by atoms with Crippen molar-refractivity contribution in [3.8, 4) is 0 Å². The molecule has 0 unspecified atom stereocenters. The number of aliphatic hydroxyl groups is 1. The standard InChI is InChI=1S/C20H25N3O4/c1-13(2)10-15-11-18(27-22-15)19(25)21-16-8-9-23(12-17(16)24)20(26)14-6-4-3-5-7-14/h3-7,11,13,16-17,24H,8-10,12H2,1-2H3,(H,21,25)/t16-,17-/m1/s1. The lowest BCUT2D eigenvalue weighted by molar-refractivity contribution is 0.0310. The van der Waals surface area contributed by atoms with Crippen LogP contribution in [0.3, 0.4) is 0 Å². The van der Waals surface area contributed by atoms with E-state index in [1.165, 1.54) is 0 Å². The van der Waals surface area contributed by atoms with Gasteiger partial charge in [0, 0.05) is 24.7 Å². The number of aromatic nitrogens is 1. The van der Waals surface area contributed by atoms with Gasteiger partial charge in [-0.25, -0.2) is 0 Å². The number of piperidine rings is 1. The van der Waals surface area contributed by atoms with Crippen molar-refractivity contribution in [2.45, 2.75) is 38.8 Å². The largest absolute Gasteiger partial charge is 0.389 e. The number of carbonyl (C=O) groups is 2. The van der Waals surface area contributed by atoms with Crippen LogP contribution >= 0.6 is 0 Å². The summed E-state index contributed by atoms with van der Waals surface area (Å²) in [6, 6.07) is 10.2. The van der Waals surface area contributed by atoms with Gasteiger partial charge in [0.2, 0.25) is 5.76 Å². The minimum atomic E-state index is -0.839. The average molecular weight is 371 g/mol. The molecule has 1 aliphatic heterocycles. The molecule has 2 amide bonds. The van der Waals surface area contributed by atoms with E-state index in [4.69, 9.17) is 4.52 Å². The summed E-state index contributed by atoms with van der Waals surface area (Å²) in [7, 11) is 0. The second-order valence-electron chi connectivity index (χ2n) is 7.33. The molecule has 2 aromatic rings. The summed E-state index contributed by atoms with van der Waals surface area (Å²) in [6.45, 7) is 4.77. The molecule has 3 rings (SSSR count). The molecule has 7 nitrogen and oxygen atoms in total. The highest BCUT2D eigenvalue weighted by atomic mass is 16.5. The molecule has 1 aromatic heterocycles. The van der Waals surface area contributed by atoms with Gasteiger partial charge in [-0.15, -0.1) is 0 Å². The molecule has 1 saturated heterocycles. The molecule has 0 aliphatic carbocycles. The minimum Gasteiger partial charge on any atom is -0.389 e. The Kier molecular flexibility index (Phi) is 5.91. The van der Waals surface area contributed by atoms with E-state index in [1.54, 1.807) is 23.1 Å². The Morgan fingerprint density at radius 2 is 2.07 bits per heavy atom. The van der Waals surface area contributed by atoms with Crippen LogP contribution in [0.25, 0.3) is 0 Å². The molecular weight excluding hydrogens is 346 g/mol. The maximum atomic E-state index is 12.5. The first kappa shape index (κ1) is 19.1. The van der Waals surface area contributed by atoms with Crippen molar-refractivity contribution in [3.63, 3.8) is 0 Å². The van der Waals surface area contributed by atoms with Crippen LogP contribution in [0.4, 0.5) is 0 Å². The monoisotopic (exact) mass is 371 g/mol. The lowest BCUT2D eigenvalue weighted by Crippen LogP contribution is -2.55. The predicted octanol–water partition coefficient (Wildman–Crippen LogP) is 1.88. The van der Waals surface area contributed by atoms with E-state index in [-0.39, 0.29) is 18.2 Å². The first-order valence-corrected chi connectivity index (χ1v) is 9.23. The molecule has 1 aromatic carbocycles. The zero-order chi connectivity index (χ0) is 19.4. The summed E-state index contributed by atoms with van der Waals surface area (Å²) in [6.07, 6.45) is 0.367. The quantitative estimate of drug-likeness (QED) is 0.837. The smallest absolute Gasteiger partial charge is 0.290 e. The van der Waals surface area contributed by atoms with Gasteiger partial charge in [0.1, 0.15) is 0 Å². The molecule has 7 heteroatoms. The van der Waals surface area contributed by atoms with Crippen LogP contribution in [-0.4, -0.2) is 52.2 Å². The number of aliphatic hydroxyl groups excluding tert-OH is 1. The van der Waals surface area contributed by atoms with Gasteiger partial charge in [-0.05, 0) is 30.9 Å². The fourth-order valence-electron chi connectivity index (χ4n) is 3.22. The third-order valence-corrected chi connectivity index (χ3v) is 4.61. The highest BCUT2D eigenvalue weighted by molar-refractivity contribution is 5.94. The van der Waals surface area contributed by atoms with Gasteiger partial charge in [-0.2, -0.15) is 0 Å².